The van der Waals surface area contributed by atoms with Crippen molar-refractivity contribution in [2.45, 2.75) is 52.0 Å². The maximum Gasteiger partial charge on any atom is 0.230 e. The number of rotatable bonds is 6. The molecule has 0 bridgehead atoms. The second-order valence-electron chi connectivity index (χ2n) is 7.37. The Morgan fingerprint density at radius 2 is 2.00 bits per heavy atom. The van der Waals surface area contributed by atoms with Gasteiger partial charge in [-0.05, 0) is 56.4 Å². The Morgan fingerprint density at radius 3 is 2.52 bits per heavy atom. The predicted molar refractivity (Wildman–Crippen MR) is 104 cm³/mol. The summed E-state index contributed by atoms with van der Waals surface area (Å²) in [5.41, 5.74) is 3.00. The molecule has 0 aliphatic heterocycles. The molecule has 0 radical (unpaired) electrons. The predicted octanol–water partition coefficient (Wildman–Crippen LogP) is 4.14. The van der Waals surface area contributed by atoms with Gasteiger partial charge < -0.3 is 5.32 Å². The van der Waals surface area contributed by atoms with E-state index in [9.17, 15) is 4.79 Å². The van der Waals surface area contributed by atoms with E-state index < -0.39 is 0 Å². The lowest BCUT2D eigenvalue weighted by atomic mass is 9.64. The van der Waals surface area contributed by atoms with Crippen LogP contribution < -0.4 is 5.32 Å². The quantitative estimate of drug-likeness (QED) is 0.787. The minimum absolute atomic E-state index is 0.168. The SMILES string of the molecule is Cc1cc(C)n(CC(C)CNC(=O)C2(c3ccc(Br)cc3)CCC2)n1. The van der Waals surface area contributed by atoms with E-state index in [4.69, 9.17) is 0 Å². The van der Waals surface area contributed by atoms with Crippen LogP contribution in [0.3, 0.4) is 0 Å². The highest BCUT2D eigenvalue weighted by Gasteiger charge is 2.45. The number of benzene rings is 1. The third-order valence-corrected chi connectivity index (χ3v) is 5.77. The zero-order valence-corrected chi connectivity index (χ0v) is 16.8. The van der Waals surface area contributed by atoms with Gasteiger partial charge in [0.25, 0.3) is 0 Å². The van der Waals surface area contributed by atoms with Crippen molar-refractivity contribution in [3.8, 4) is 0 Å². The summed E-state index contributed by atoms with van der Waals surface area (Å²) in [6.07, 6.45) is 2.99. The van der Waals surface area contributed by atoms with Crippen molar-refractivity contribution in [2.75, 3.05) is 6.54 Å². The van der Waals surface area contributed by atoms with Crippen molar-refractivity contribution in [3.63, 3.8) is 0 Å². The summed E-state index contributed by atoms with van der Waals surface area (Å²) in [6.45, 7) is 7.74. The topological polar surface area (TPSA) is 46.9 Å². The van der Waals surface area contributed by atoms with E-state index in [1.165, 1.54) is 5.69 Å². The molecule has 5 heteroatoms. The van der Waals surface area contributed by atoms with Crippen LogP contribution >= 0.6 is 15.9 Å². The van der Waals surface area contributed by atoms with Crippen molar-refractivity contribution in [1.29, 1.82) is 0 Å². The number of nitrogens with zero attached hydrogens (tertiary/aromatic N) is 2. The fourth-order valence-electron chi connectivity index (χ4n) is 3.60. The van der Waals surface area contributed by atoms with E-state index in [2.05, 4.69) is 58.4 Å². The van der Waals surface area contributed by atoms with Crippen LogP contribution in [-0.2, 0) is 16.8 Å². The molecule has 1 saturated carbocycles. The number of carbonyl (C=O) groups is 1. The molecule has 0 spiro atoms. The van der Waals surface area contributed by atoms with Crippen molar-refractivity contribution in [2.24, 2.45) is 5.92 Å². The van der Waals surface area contributed by atoms with Gasteiger partial charge in [-0.3, -0.25) is 9.48 Å². The third kappa shape index (κ3) is 3.81. The summed E-state index contributed by atoms with van der Waals surface area (Å²) >= 11 is 3.47. The average Bonchev–Trinajstić information content (AvgIpc) is 2.83. The summed E-state index contributed by atoms with van der Waals surface area (Å²) in [6, 6.07) is 10.3. The van der Waals surface area contributed by atoms with E-state index in [0.717, 1.165) is 41.5 Å². The van der Waals surface area contributed by atoms with Crippen LogP contribution in [-0.4, -0.2) is 22.2 Å². The first kappa shape index (κ1) is 18.2. The molecule has 1 aliphatic carbocycles. The monoisotopic (exact) mass is 403 g/mol. The molecule has 1 unspecified atom stereocenters. The maximum atomic E-state index is 12.9. The Hall–Kier alpha value is -1.62. The van der Waals surface area contributed by atoms with Crippen LogP contribution in [0.25, 0.3) is 0 Å². The molecule has 1 amide bonds. The van der Waals surface area contributed by atoms with Crippen LogP contribution in [0.15, 0.2) is 34.8 Å². The minimum atomic E-state index is -0.335. The van der Waals surface area contributed by atoms with Crippen LogP contribution in [0.2, 0.25) is 0 Å². The summed E-state index contributed by atoms with van der Waals surface area (Å²) in [5.74, 6) is 0.505. The molecule has 1 fully saturated rings. The molecular formula is C20H26BrN3O. The van der Waals surface area contributed by atoms with E-state index in [1.807, 2.05) is 23.7 Å². The summed E-state index contributed by atoms with van der Waals surface area (Å²) in [4.78, 5) is 12.9. The standard InChI is InChI=1S/C20H26BrN3O/c1-14(13-24-16(3)11-15(2)23-24)12-22-19(25)20(9-4-10-20)17-5-7-18(21)8-6-17/h5-8,11,14H,4,9-10,12-13H2,1-3H3,(H,22,25). The number of aromatic nitrogens is 2. The number of hydrogen-bond acceptors (Lipinski definition) is 2. The Balaban J connectivity index is 1.61. The fourth-order valence-corrected chi connectivity index (χ4v) is 3.87. The van der Waals surface area contributed by atoms with Gasteiger partial charge in [0, 0.05) is 23.3 Å². The van der Waals surface area contributed by atoms with Gasteiger partial charge in [-0.15, -0.1) is 0 Å². The highest BCUT2D eigenvalue weighted by Crippen LogP contribution is 2.44. The molecule has 1 aliphatic rings. The van der Waals surface area contributed by atoms with Crippen LogP contribution in [0.5, 0.6) is 0 Å². The molecule has 2 aromatic rings. The first-order chi connectivity index (χ1) is 11.9. The molecule has 0 saturated heterocycles. The van der Waals surface area contributed by atoms with E-state index in [1.54, 1.807) is 0 Å². The average molecular weight is 404 g/mol. The minimum Gasteiger partial charge on any atom is -0.355 e. The van der Waals surface area contributed by atoms with E-state index >= 15 is 0 Å². The Bertz CT molecular complexity index is 747. The van der Waals surface area contributed by atoms with Crippen molar-refractivity contribution in [3.05, 3.63) is 51.8 Å². The molecule has 1 N–H and O–H groups in total. The highest BCUT2D eigenvalue weighted by atomic mass is 79.9. The largest absolute Gasteiger partial charge is 0.355 e. The van der Waals surface area contributed by atoms with Gasteiger partial charge in [-0.25, -0.2) is 0 Å². The number of nitrogens with one attached hydrogen (secondary N) is 1. The summed E-state index contributed by atoms with van der Waals surface area (Å²) in [7, 11) is 0. The fraction of sp³-hybridized carbons (Fsp3) is 0.500. The lowest BCUT2D eigenvalue weighted by molar-refractivity contribution is -0.130. The third-order valence-electron chi connectivity index (χ3n) is 5.24. The summed E-state index contributed by atoms with van der Waals surface area (Å²) < 4.78 is 3.07. The van der Waals surface area contributed by atoms with Gasteiger partial charge in [-0.1, -0.05) is 41.4 Å². The number of halogens is 1. The van der Waals surface area contributed by atoms with Crippen LogP contribution in [0.4, 0.5) is 0 Å². The van der Waals surface area contributed by atoms with Crippen LogP contribution in [0, 0.1) is 19.8 Å². The first-order valence-electron chi connectivity index (χ1n) is 8.96. The number of carbonyl (C=O) groups excluding carboxylic acids is 1. The highest BCUT2D eigenvalue weighted by molar-refractivity contribution is 9.10. The molecule has 134 valence electrons. The zero-order chi connectivity index (χ0) is 18.0. The second-order valence-corrected chi connectivity index (χ2v) is 8.28. The summed E-state index contributed by atoms with van der Waals surface area (Å²) in [5, 5.41) is 7.70. The van der Waals surface area contributed by atoms with Gasteiger partial charge in [-0.2, -0.15) is 5.10 Å². The number of hydrogen-bond donors (Lipinski definition) is 1. The molecule has 1 aromatic heterocycles. The lowest BCUT2D eigenvalue weighted by Gasteiger charge is -2.41. The number of amides is 1. The second kappa shape index (κ2) is 7.32. The molecule has 1 heterocycles. The molecule has 1 atom stereocenters. The molecule has 25 heavy (non-hydrogen) atoms. The van der Waals surface area contributed by atoms with Gasteiger partial charge in [0.1, 0.15) is 0 Å². The van der Waals surface area contributed by atoms with Gasteiger partial charge in [0.2, 0.25) is 5.91 Å². The van der Waals surface area contributed by atoms with Gasteiger partial charge in [0.15, 0.2) is 0 Å². The Morgan fingerprint density at radius 1 is 1.32 bits per heavy atom. The van der Waals surface area contributed by atoms with Crippen molar-refractivity contribution < 1.29 is 4.79 Å². The van der Waals surface area contributed by atoms with Gasteiger partial charge in [0.05, 0.1) is 11.1 Å². The molecule has 1 aromatic carbocycles. The van der Waals surface area contributed by atoms with Gasteiger partial charge >= 0.3 is 0 Å². The number of aryl methyl sites for hydroxylation is 2. The van der Waals surface area contributed by atoms with Crippen molar-refractivity contribution >= 4 is 21.8 Å². The van der Waals surface area contributed by atoms with E-state index in [0.29, 0.717) is 12.5 Å². The zero-order valence-electron chi connectivity index (χ0n) is 15.2. The lowest BCUT2D eigenvalue weighted by Crippen LogP contribution is -2.50. The molecule has 3 rings (SSSR count). The maximum absolute atomic E-state index is 12.9. The van der Waals surface area contributed by atoms with Crippen molar-refractivity contribution in [1.82, 2.24) is 15.1 Å². The molecular weight excluding hydrogens is 378 g/mol. The Kier molecular flexibility index (Phi) is 5.32. The van der Waals surface area contributed by atoms with Crippen LogP contribution in [0.1, 0.15) is 43.1 Å². The first-order valence-corrected chi connectivity index (χ1v) is 9.75. The Labute approximate surface area is 158 Å². The smallest absolute Gasteiger partial charge is 0.230 e. The normalized spacial score (nSPS) is 17.0. The van der Waals surface area contributed by atoms with E-state index in [-0.39, 0.29) is 11.3 Å². The molecule has 4 nitrogen and oxygen atoms in total.